The quantitative estimate of drug-likeness (QED) is 0.447. The first kappa shape index (κ1) is 10.9. The molecule has 11 heavy (non-hydrogen) atoms. The Morgan fingerprint density at radius 2 is 2.00 bits per heavy atom. The minimum Gasteiger partial charge on any atom is -0.110 e. The van der Waals surface area contributed by atoms with Crippen molar-refractivity contribution in [2.45, 2.75) is 34.1 Å². The number of hydrogen-bond acceptors (Lipinski definition) is 0. The zero-order valence-electron chi connectivity index (χ0n) is 8.02. The molecule has 0 aromatic carbocycles. The van der Waals surface area contributed by atoms with Gasteiger partial charge in [-0.2, -0.15) is 0 Å². The Kier molecular flexibility index (Phi) is 5.50. The fourth-order valence-corrected chi connectivity index (χ4v) is 1.09. The Balaban J connectivity index is 4.32. The second-order valence-electron chi connectivity index (χ2n) is 3.02. The van der Waals surface area contributed by atoms with Crippen molar-refractivity contribution in [2.24, 2.45) is 5.92 Å². The molecule has 0 heterocycles. The molecule has 0 radical (unpaired) electrons. The smallest absolute Gasteiger partial charge is 0.0222 e. The van der Waals surface area contributed by atoms with E-state index in [0.29, 0.717) is 5.92 Å². The molecule has 0 rings (SSSR count). The molecule has 0 fully saturated rings. The van der Waals surface area contributed by atoms with E-state index in [1.54, 1.807) is 0 Å². The first-order valence-electron chi connectivity index (χ1n) is 4.24. The van der Waals surface area contributed by atoms with Gasteiger partial charge in [0.05, 0.1) is 0 Å². The van der Waals surface area contributed by atoms with Gasteiger partial charge in [0, 0.05) is 0 Å². The number of rotatable bonds is 3. The summed E-state index contributed by atoms with van der Waals surface area (Å²) in [6.45, 7) is 8.71. The molecule has 0 spiro atoms. The van der Waals surface area contributed by atoms with Crippen LogP contribution >= 0.6 is 9.24 Å². The average molecular weight is 170 g/mol. The maximum absolute atomic E-state index is 2.77. The van der Waals surface area contributed by atoms with E-state index < -0.39 is 0 Å². The molecule has 1 unspecified atom stereocenters. The van der Waals surface area contributed by atoms with Crippen LogP contribution in [-0.4, -0.2) is 0 Å². The van der Waals surface area contributed by atoms with Gasteiger partial charge in [0.1, 0.15) is 0 Å². The third kappa shape index (κ3) is 4.37. The van der Waals surface area contributed by atoms with E-state index in [4.69, 9.17) is 0 Å². The van der Waals surface area contributed by atoms with Crippen molar-refractivity contribution in [3.05, 3.63) is 23.0 Å². The highest BCUT2D eigenvalue weighted by atomic mass is 31.0. The Morgan fingerprint density at radius 3 is 2.27 bits per heavy atom. The normalized spacial score (nSPS) is 14.4. The fourth-order valence-electron chi connectivity index (χ4n) is 0.899. The first-order chi connectivity index (χ1) is 5.11. The van der Waals surface area contributed by atoms with E-state index >= 15 is 0 Å². The molecule has 0 aliphatic carbocycles. The summed E-state index contributed by atoms with van der Waals surface area (Å²) in [4.78, 5) is 0. The highest BCUT2D eigenvalue weighted by Gasteiger charge is 1.97. The lowest BCUT2D eigenvalue weighted by Gasteiger charge is -2.06. The summed E-state index contributed by atoms with van der Waals surface area (Å²) >= 11 is 0. The van der Waals surface area contributed by atoms with Gasteiger partial charge in [0.2, 0.25) is 0 Å². The molecule has 0 saturated heterocycles. The van der Waals surface area contributed by atoms with Gasteiger partial charge >= 0.3 is 0 Å². The van der Waals surface area contributed by atoms with Gasteiger partial charge in [-0.15, -0.1) is 9.24 Å². The highest BCUT2D eigenvalue weighted by molar-refractivity contribution is 7.22. The van der Waals surface area contributed by atoms with Crippen molar-refractivity contribution in [1.82, 2.24) is 0 Å². The fraction of sp³-hybridized carbons (Fsp3) is 0.600. The molecule has 0 bridgehead atoms. The molecule has 64 valence electrons. The Bertz CT molecular complexity index is 164. The van der Waals surface area contributed by atoms with Crippen LogP contribution in [0.4, 0.5) is 0 Å². The van der Waals surface area contributed by atoms with Crippen LogP contribution < -0.4 is 0 Å². The van der Waals surface area contributed by atoms with Crippen LogP contribution in [0.25, 0.3) is 0 Å². The van der Waals surface area contributed by atoms with Crippen molar-refractivity contribution in [2.75, 3.05) is 0 Å². The molecule has 0 amide bonds. The molecule has 0 aliphatic rings. The zero-order valence-corrected chi connectivity index (χ0v) is 9.17. The predicted octanol–water partition coefficient (Wildman–Crippen LogP) is 3.76. The summed E-state index contributed by atoms with van der Waals surface area (Å²) < 4.78 is 0. The Labute approximate surface area is 73.0 Å². The Hall–Kier alpha value is -0.0900. The summed E-state index contributed by atoms with van der Waals surface area (Å²) in [5.74, 6) is 0.641. The molecular weight excluding hydrogens is 151 g/mol. The topological polar surface area (TPSA) is 0 Å². The number of hydrogen-bond donors (Lipinski definition) is 0. The second-order valence-corrected chi connectivity index (χ2v) is 3.76. The van der Waals surface area contributed by atoms with E-state index in [-0.39, 0.29) is 0 Å². The largest absolute Gasteiger partial charge is 0.110 e. The van der Waals surface area contributed by atoms with Crippen LogP contribution in [0.1, 0.15) is 34.1 Å². The summed E-state index contributed by atoms with van der Waals surface area (Å²) in [6.07, 6.45) is 5.56. The molecule has 0 aliphatic heterocycles. The summed E-state index contributed by atoms with van der Waals surface area (Å²) in [7, 11) is 2.77. The molecular formula is C10H19P. The zero-order chi connectivity index (χ0) is 8.85. The van der Waals surface area contributed by atoms with Crippen LogP contribution in [0.15, 0.2) is 23.0 Å². The summed E-state index contributed by atoms with van der Waals surface area (Å²) in [5, 5.41) is 1.38. The number of allylic oxidation sites excluding steroid dienone is 4. The third-order valence-electron chi connectivity index (χ3n) is 1.76. The van der Waals surface area contributed by atoms with Gasteiger partial charge in [0.15, 0.2) is 0 Å². The van der Waals surface area contributed by atoms with Crippen LogP contribution in [0, 0.1) is 5.92 Å². The standard InChI is InChI=1S/C10H19P/c1-5-9(8(3)4)7-10(11)6-2/h5,7-8H,6,11H2,1-4H3/b9-5+,10-7+. The van der Waals surface area contributed by atoms with Crippen LogP contribution in [0.3, 0.4) is 0 Å². The lowest BCUT2D eigenvalue weighted by atomic mass is 10.0. The maximum Gasteiger partial charge on any atom is -0.0222 e. The van der Waals surface area contributed by atoms with E-state index in [1.807, 2.05) is 0 Å². The SMILES string of the molecule is C/C=C(\C=C(\P)CC)C(C)C. The van der Waals surface area contributed by atoms with Crippen molar-refractivity contribution in [1.29, 1.82) is 0 Å². The van der Waals surface area contributed by atoms with E-state index in [2.05, 4.69) is 49.1 Å². The molecule has 0 aromatic heterocycles. The lowest BCUT2D eigenvalue weighted by molar-refractivity contribution is 0.788. The molecule has 0 N–H and O–H groups in total. The second kappa shape index (κ2) is 5.55. The van der Waals surface area contributed by atoms with Crippen molar-refractivity contribution in [3.8, 4) is 0 Å². The van der Waals surface area contributed by atoms with Crippen LogP contribution in [0.5, 0.6) is 0 Å². The predicted molar refractivity (Wildman–Crippen MR) is 56.7 cm³/mol. The average Bonchev–Trinajstić information content (AvgIpc) is 1.99. The third-order valence-corrected chi connectivity index (χ3v) is 2.34. The van der Waals surface area contributed by atoms with Gasteiger partial charge in [-0.05, 0) is 24.8 Å². The van der Waals surface area contributed by atoms with Gasteiger partial charge < -0.3 is 0 Å². The van der Waals surface area contributed by atoms with Gasteiger partial charge in [-0.1, -0.05) is 38.2 Å². The molecule has 0 nitrogen and oxygen atoms in total. The first-order valence-corrected chi connectivity index (χ1v) is 4.81. The van der Waals surface area contributed by atoms with Crippen molar-refractivity contribution < 1.29 is 0 Å². The van der Waals surface area contributed by atoms with E-state index in [0.717, 1.165) is 6.42 Å². The minimum atomic E-state index is 0.641. The molecule has 1 heteroatoms. The lowest BCUT2D eigenvalue weighted by Crippen LogP contribution is -1.89. The highest BCUT2D eigenvalue weighted by Crippen LogP contribution is 2.18. The van der Waals surface area contributed by atoms with Gasteiger partial charge in [-0.25, -0.2) is 0 Å². The summed E-state index contributed by atoms with van der Waals surface area (Å²) in [5.41, 5.74) is 1.43. The minimum absolute atomic E-state index is 0.641. The molecule has 0 saturated carbocycles. The monoisotopic (exact) mass is 170 g/mol. The van der Waals surface area contributed by atoms with E-state index in [9.17, 15) is 0 Å². The maximum atomic E-state index is 2.77. The van der Waals surface area contributed by atoms with Crippen molar-refractivity contribution in [3.63, 3.8) is 0 Å². The molecule has 1 atom stereocenters. The van der Waals surface area contributed by atoms with Crippen LogP contribution in [0.2, 0.25) is 0 Å². The van der Waals surface area contributed by atoms with Gasteiger partial charge in [-0.3, -0.25) is 0 Å². The van der Waals surface area contributed by atoms with Gasteiger partial charge in [0.25, 0.3) is 0 Å². The molecule has 0 aromatic rings. The Morgan fingerprint density at radius 1 is 1.45 bits per heavy atom. The van der Waals surface area contributed by atoms with Crippen LogP contribution in [-0.2, 0) is 0 Å². The van der Waals surface area contributed by atoms with Crippen molar-refractivity contribution >= 4 is 9.24 Å². The van der Waals surface area contributed by atoms with E-state index in [1.165, 1.54) is 10.9 Å². The summed E-state index contributed by atoms with van der Waals surface area (Å²) in [6, 6.07) is 0.